The van der Waals surface area contributed by atoms with Gasteiger partial charge in [-0.3, -0.25) is 9.59 Å². The number of carbonyl (C=O) groups is 1. The topological polar surface area (TPSA) is 80.4 Å². The van der Waals surface area contributed by atoms with Gasteiger partial charge in [0.25, 0.3) is 5.56 Å². The molecule has 0 saturated carbocycles. The van der Waals surface area contributed by atoms with Gasteiger partial charge in [0.2, 0.25) is 5.91 Å². The molecule has 0 aliphatic heterocycles. The van der Waals surface area contributed by atoms with Crippen LogP contribution in [0.2, 0.25) is 0 Å². The summed E-state index contributed by atoms with van der Waals surface area (Å²) >= 11 is 0. The number of amides is 1. The number of pyridine rings is 1. The van der Waals surface area contributed by atoms with E-state index < -0.39 is 28.9 Å². The number of methoxy groups -OCH3 is 1. The lowest BCUT2D eigenvalue weighted by molar-refractivity contribution is -0.137. The molecular formula is C18H17F3N2O4. The Labute approximate surface area is 152 Å². The highest BCUT2D eigenvalue weighted by Gasteiger charge is 2.31. The van der Waals surface area contributed by atoms with Gasteiger partial charge in [-0.1, -0.05) is 6.07 Å². The summed E-state index contributed by atoms with van der Waals surface area (Å²) in [5.41, 5.74) is -1.81. The molecule has 1 heterocycles. The lowest BCUT2D eigenvalue weighted by Crippen LogP contribution is -2.20. The van der Waals surface area contributed by atoms with Crippen LogP contribution in [0.5, 0.6) is 11.5 Å². The summed E-state index contributed by atoms with van der Waals surface area (Å²) in [4.78, 5) is 25.5. The van der Waals surface area contributed by atoms with Crippen LogP contribution in [0.1, 0.15) is 18.1 Å². The maximum absolute atomic E-state index is 12.7. The third-order valence-electron chi connectivity index (χ3n) is 3.40. The summed E-state index contributed by atoms with van der Waals surface area (Å²) in [7, 11) is 1.47. The van der Waals surface area contributed by atoms with Crippen molar-refractivity contribution in [2.24, 2.45) is 0 Å². The normalized spacial score (nSPS) is 11.4. The summed E-state index contributed by atoms with van der Waals surface area (Å²) in [6, 6.07) is 5.54. The standard InChI is InChI=1S/C18H17F3N2O4/c1-3-27-14-6-4-11(8-15(14)26-2)5-7-16(24)23-13-9-12(18(19,20)21)10-22-17(13)25/h4-10H,3H2,1-2H3,(H,22,25)(H,23,24)/b7-5+. The van der Waals surface area contributed by atoms with Crippen LogP contribution in [-0.2, 0) is 11.0 Å². The molecule has 6 nitrogen and oxygen atoms in total. The fourth-order valence-corrected chi connectivity index (χ4v) is 2.15. The minimum atomic E-state index is -4.64. The van der Waals surface area contributed by atoms with Crippen LogP contribution < -0.4 is 20.3 Å². The number of aromatic nitrogens is 1. The number of halogens is 3. The number of rotatable bonds is 6. The maximum atomic E-state index is 12.7. The van der Waals surface area contributed by atoms with Gasteiger partial charge in [-0.25, -0.2) is 0 Å². The maximum Gasteiger partial charge on any atom is 0.417 e. The molecule has 0 atom stereocenters. The number of anilines is 1. The SMILES string of the molecule is CCOc1ccc(/C=C/C(=O)Nc2cc(C(F)(F)F)c[nH]c2=O)cc1OC. The number of hydrogen-bond acceptors (Lipinski definition) is 4. The smallest absolute Gasteiger partial charge is 0.417 e. The van der Waals surface area contributed by atoms with E-state index in [1.165, 1.54) is 13.2 Å². The van der Waals surface area contributed by atoms with Gasteiger partial charge >= 0.3 is 6.18 Å². The van der Waals surface area contributed by atoms with E-state index in [9.17, 15) is 22.8 Å². The fourth-order valence-electron chi connectivity index (χ4n) is 2.15. The Bertz CT molecular complexity index is 904. The van der Waals surface area contributed by atoms with Crippen LogP contribution in [-0.4, -0.2) is 24.6 Å². The van der Waals surface area contributed by atoms with Crippen molar-refractivity contribution in [2.75, 3.05) is 19.0 Å². The summed E-state index contributed by atoms with van der Waals surface area (Å²) in [5.74, 6) is 0.249. The van der Waals surface area contributed by atoms with E-state index in [-0.39, 0.29) is 0 Å². The van der Waals surface area contributed by atoms with Crippen LogP contribution >= 0.6 is 0 Å². The minimum Gasteiger partial charge on any atom is -0.493 e. The quantitative estimate of drug-likeness (QED) is 0.750. The van der Waals surface area contributed by atoms with E-state index in [4.69, 9.17) is 9.47 Å². The van der Waals surface area contributed by atoms with Gasteiger partial charge in [-0.05, 0) is 36.8 Å². The summed E-state index contributed by atoms with van der Waals surface area (Å²) in [6.07, 6.45) is -1.58. The number of alkyl halides is 3. The van der Waals surface area contributed by atoms with Gasteiger partial charge in [-0.15, -0.1) is 0 Å². The summed E-state index contributed by atoms with van der Waals surface area (Å²) in [5, 5.41) is 2.13. The van der Waals surface area contributed by atoms with Crippen LogP contribution in [0.4, 0.5) is 18.9 Å². The van der Waals surface area contributed by atoms with Gasteiger partial charge in [0.05, 0.1) is 19.3 Å². The van der Waals surface area contributed by atoms with E-state index >= 15 is 0 Å². The molecule has 144 valence electrons. The van der Waals surface area contributed by atoms with E-state index in [2.05, 4.69) is 5.32 Å². The predicted octanol–water partition coefficient (Wildman–Crippen LogP) is 3.45. The summed E-state index contributed by atoms with van der Waals surface area (Å²) < 4.78 is 48.7. The molecule has 0 fully saturated rings. The first kappa shape index (κ1) is 20.1. The van der Waals surface area contributed by atoms with Gasteiger partial charge in [0.15, 0.2) is 11.5 Å². The first-order valence-electron chi connectivity index (χ1n) is 7.84. The van der Waals surface area contributed by atoms with E-state index in [0.29, 0.717) is 35.9 Å². The van der Waals surface area contributed by atoms with Crippen molar-refractivity contribution in [3.8, 4) is 11.5 Å². The molecule has 0 aliphatic carbocycles. The largest absolute Gasteiger partial charge is 0.493 e. The lowest BCUT2D eigenvalue weighted by atomic mass is 10.2. The number of ether oxygens (including phenoxy) is 2. The van der Waals surface area contributed by atoms with E-state index in [1.807, 2.05) is 11.9 Å². The number of aromatic amines is 1. The average Bonchev–Trinajstić information content (AvgIpc) is 2.62. The van der Waals surface area contributed by atoms with Crippen LogP contribution in [0, 0.1) is 0 Å². The molecule has 0 bridgehead atoms. The van der Waals surface area contributed by atoms with Gasteiger partial charge in [-0.2, -0.15) is 13.2 Å². The molecule has 27 heavy (non-hydrogen) atoms. The monoisotopic (exact) mass is 382 g/mol. The first-order valence-corrected chi connectivity index (χ1v) is 7.84. The average molecular weight is 382 g/mol. The number of benzene rings is 1. The molecule has 2 aromatic rings. The van der Waals surface area contributed by atoms with Gasteiger partial charge in [0.1, 0.15) is 5.69 Å². The molecular weight excluding hydrogens is 365 g/mol. The number of carbonyl (C=O) groups excluding carboxylic acids is 1. The molecule has 0 saturated heterocycles. The van der Waals surface area contributed by atoms with E-state index in [1.54, 1.807) is 18.2 Å². The molecule has 2 rings (SSSR count). The fraction of sp³-hybridized carbons (Fsp3) is 0.222. The van der Waals surface area contributed by atoms with Crippen molar-refractivity contribution >= 4 is 17.7 Å². The third-order valence-corrected chi connectivity index (χ3v) is 3.40. The zero-order valence-corrected chi connectivity index (χ0v) is 14.5. The summed E-state index contributed by atoms with van der Waals surface area (Å²) in [6.45, 7) is 2.28. The second kappa shape index (κ2) is 8.43. The number of hydrogen-bond donors (Lipinski definition) is 2. The number of H-pyrrole nitrogens is 1. The van der Waals surface area contributed by atoms with Crippen molar-refractivity contribution in [3.05, 3.63) is 58.0 Å². The number of nitrogens with one attached hydrogen (secondary N) is 2. The molecule has 0 spiro atoms. The van der Waals surface area contributed by atoms with E-state index in [0.717, 1.165) is 6.08 Å². The molecule has 1 aromatic carbocycles. The van der Waals surface area contributed by atoms with Crippen LogP contribution in [0.15, 0.2) is 41.3 Å². The molecule has 2 N–H and O–H groups in total. The molecule has 0 unspecified atom stereocenters. The highest BCUT2D eigenvalue weighted by atomic mass is 19.4. The Balaban J connectivity index is 2.15. The zero-order chi connectivity index (χ0) is 20.0. The predicted molar refractivity (Wildman–Crippen MR) is 93.9 cm³/mol. The minimum absolute atomic E-state index is 0.458. The van der Waals surface area contributed by atoms with Crippen molar-refractivity contribution in [2.45, 2.75) is 13.1 Å². The van der Waals surface area contributed by atoms with Gasteiger partial charge < -0.3 is 19.8 Å². The molecule has 9 heteroatoms. The van der Waals surface area contributed by atoms with Crippen LogP contribution in [0.25, 0.3) is 6.08 Å². The second-order valence-corrected chi connectivity index (χ2v) is 5.29. The Morgan fingerprint density at radius 3 is 2.63 bits per heavy atom. The Kier molecular flexibility index (Phi) is 6.27. The first-order chi connectivity index (χ1) is 12.7. The van der Waals surface area contributed by atoms with Crippen molar-refractivity contribution < 1.29 is 27.4 Å². The third kappa shape index (κ3) is 5.37. The zero-order valence-electron chi connectivity index (χ0n) is 14.5. The Hall–Kier alpha value is -3.23. The van der Waals surface area contributed by atoms with Crippen molar-refractivity contribution in [1.29, 1.82) is 0 Å². The van der Waals surface area contributed by atoms with Gasteiger partial charge in [0, 0.05) is 12.3 Å². The highest BCUT2D eigenvalue weighted by molar-refractivity contribution is 6.01. The van der Waals surface area contributed by atoms with Crippen molar-refractivity contribution in [3.63, 3.8) is 0 Å². The molecule has 1 aromatic heterocycles. The molecule has 0 aliphatic rings. The Morgan fingerprint density at radius 2 is 2.00 bits per heavy atom. The van der Waals surface area contributed by atoms with Crippen molar-refractivity contribution in [1.82, 2.24) is 4.98 Å². The van der Waals surface area contributed by atoms with Crippen LogP contribution in [0.3, 0.4) is 0 Å². The molecule has 1 amide bonds. The highest BCUT2D eigenvalue weighted by Crippen LogP contribution is 2.29. The second-order valence-electron chi connectivity index (χ2n) is 5.29. The lowest BCUT2D eigenvalue weighted by Gasteiger charge is -2.09. The molecule has 0 radical (unpaired) electrons. The Morgan fingerprint density at radius 1 is 1.26 bits per heavy atom.